The number of phenolic OH excluding ortho intramolecular Hbond substituents is 1. The molecule has 6 nitrogen and oxygen atoms in total. The number of benzene rings is 1. The van der Waals surface area contributed by atoms with Crippen molar-refractivity contribution >= 4 is 16.9 Å². The normalized spacial score (nSPS) is 16.6. The monoisotopic (exact) mass is 378 g/mol. The fourth-order valence-electron chi connectivity index (χ4n) is 4.00. The van der Waals surface area contributed by atoms with Gasteiger partial charge in [-0.15, -0.1) is 0 Å². The van der Waals surface area contributed by atoms with Crippen molar-refractivity contribution in [3.8, 4) is 17.1 Å². The summed E-state index contributed by atoms with van der Waals surface area (Å²) < 4.78 is 6.84. The van der Waals surface area contributed by atoms with E-state index in [0.717, 1.165) is 39.0 Å². The number of aromatic nitrogens is 2. The smallest absolute Gasteiger partial charge is 0.313 e. The molecule has 4 heterocycles. The number of pyridine rings is 2. The predicted octanol–water partition coefficient (Wildman–Crippen LogP) is 3.63. The molecule has 1 atom stereocenters. The van der Waals surface area contributed by atoms with E-state index in [-0.39, 0.29) is 23.9 Å². The van der Waals surface area contributed by atoms with Gasteiger partial charge in [-0.2, -0.15) is 0 Å². The van der Waals surface area contributed by atoms with Crippen molar-refractivity contribution in [2.24, 2.45) is 0 Å². The van der Waals surface area contributed by atoms with Crippen molar-refractivity contribution < 1.29 is 14.6 Å². The molecule has 0 radical (unpaired) electrons. The van der Waals surface area contributed by atoms with Gasteiger partial charge in [0.25, 0.3) is 5.56 Å². The fraction of sp³-hybridized carbons (Fsp3) is 0.318. The molecule has 0 saturated heterocycles. The second-order valence-corrected chi connectivity index (χ2v) is 6.95. The predicted molar refractivity (Wildman–Crippen MR) is 107 cm³/mol. The Hall–Kier alpha value is -3.15. The molecule has 1 N–H and O–H groups in total. The molecule has 0 saturated carbocycles. The average molecular weight is 378 g/mol. The zero-order valence-electron chi connectivity index (χ0n) is 16.4. The largest absolute Gasteiger partial charge is 0.508 e. The van der Waals surface area contributed by atoms with E-state index >= 15 is 0 Å². The molecule has 2 aromatic heterocycles. The van der Waals surface area contributed by atoms with Crippen LogP contribution in [-0.4, -0.2) is 20.6 Å². The summed E-state index contributed by atoms with van der Waals surface area (Å²) in [4.78, 5) is 29.6. The first kappa shape index (κ1) is 18.2. The van der Waals surface area contributed by atoms with Crippen LogP contribution >= 0.6 is 0 Å². The van der Waals surface area contributed by atoms with Gasteiger partial charge in [0.05, 0.1) is 34.9 Å². The Kier molecular flexibility index (Phi) is 4.22. The molecule has 0 bridgehead atoms. The van der Waals surface area contributed by atoms with Crippen LogP contribution in [0.3, 0.4) is 0 Å². The van der Waals surface area contributed by atoms with Crippen LogP contribution < -0.4 is 5.56 Å². The van der Waals surface area contributed by atoms with Gasteiger partial charge in [0, 0.05) is 10.9 Å². The Labute approximate surface area is 162 Å². The molecule has 1 aromatic carbocycles. The number of fused-ring (bicyclic) bond motifs is 5. The lowest BCUT2D eigenvalue weighted by Gasteiger charge is -2.22. The Bertz CT molecular complexity index is 1190. The topological polar surface area (TPSA) is 81.4 Å². The fourth-order valence-corrected chi connectivity index (χ4v) is 4.00. The van der Waals surface area contributed by atoms with Crippen LogP contribution in [0.2, 0.25) is 0 Å². The lowest BCUT2D eigenvalue weighted by atomic mass is 9.94. The van der Waals surface area contributed by atoms with E-state index in [1.54, 1.807) is 29.7 Å². The van der Waals surface area contributed by atoms with Gasteiger partial charge < -0.3 is 14.4 Å². The number of carbonyl (C=O) groups excluding carboxylic acids is 1. The van der Waals surface area contributed by atoms with Gasteiger partial charge in [-0.1, -0.05) is 13.8 Å². The summed E-state index contributed by atoms with van der Waals surface area (Å²) in [5, 5.41) is 10.7. The van der Waals surface area contributed by atoms with Crippen LogP contribution in [0.5, 0.6) is 5.75 Å². The van der Waals surface area contributed by atoms with Gasteiger partial charge in [-0.3, -0.25) is 9.59 Å². The summed E-state index contributed by atoms with van der Waals surface area (Å²) in [5.74, 6) is -0.576. The van der Waals surface area contributed by atoms with Crippen LogP contribution in [0.15, 0.2) is 29.1 Å². The second-order valence-electron chi connectivity index (χ2n) is 6.95. The minimum absolute atomic E-state index is 0.0240. The van der Waals surface area contributed by atoms with Gasteiger partial charge in [-0.05, 0) is 49.2 Å². The molecule has 0 amide bonds. The zero-order valence-corrected chi connectivity index (χ0v) is 16.4. The molecule has 28 heavy (non-hydrogen) atoms. The highest BCUT2D eigenvalue weighted by Crippen LogP contribution is 2.38. The summed E-state index contributed by atoms with van der Waals surface area (Å²) in [5.41, 5.74) is 5.41. The van der Waals surface area contributed by atoms with E-state index in [0.29, 0.717) is 12.1 Å². The van der Waals surface area contributed by atoms with E-state index in [4.69, 9.17) is 9.72 Å². The average Bonchev–Trinajstić information content (AvgIpc) is 3.07. The molecule has 144 valence electrons. The Morgan fingerprint density at radius 3 is 2.68 bits per heavy atom. The summed E-state index contributed by atoms with van der Waals surface area (Å²) >= 11 is 0. The molecule has 2 aliphatic rings. The minimum Gasteiger partial charge on any atom is -0.508 e. The quantitative estimate of drug-likeness (QED) is 0.473. The molecular formula is C22H22N2O4. The Balaban J connectivity index is 0.000000932. The SMILES string of the molecule is CC.Cc1c2c(nc3ccc(O)cc13)-c1cc3c(c(=O)n1C2)COC(=O)[C@H]3C. The molecule has 0 aliphatic carbocycles. The van der Waals surface area contributed by atoms with Crippen molar-refractivity contribution in [3.63, 3.8) is 0 Å². The van der Waals surface area contributed by atoms with Crippen LogP contribution in [0.4, 0.5) is 0 Å². The van der Waals surface area contributed by atoms with E-state index < -0.39 is 5.92 Å². The Morgan fingerprint density at radius 2 is 1.93 bits per heavy atom. The number of rotatable bonds is 0. The van der Waals surface area contributed by atoms with Gasteiger partial charge >= 0.3 is 5.97 Å². The molecule has 2 aliphatic heterocycles. The molecule has 3 aromatic rings. The van der Waals surface area contributed by atoms with Gasteiger partial charge in [-0.25, -0.2) is 4.98 Å². The molecule has 6 heteroatoms. The maximum atomic E-state index is 13.0. The lowest BCUT2D eigenvalue weighted by molar-refractivity contribution is -0.147. The number of aromatic hydroxyl groups is 1. The maximum Gasteiger partial charge on any atom is 0.313 e. The van der Waals surface area contributed by atoms with E-state index in [9.17, 15) is 14.7 Å². The van der Waals surface area contributed by atoms with Crippen molar-refractivity contribution in [3.05, 3.63) is 56.9 Å². The minimum atomic E-state index is -0.458. The third-order valence-electron chi connectivity index (χ3n) is 5.53. The highest BCUT2D eigenvalue weighted by molar-refractivity contribution is 5.89. The second kappa shape index (κ2) is 6.48. The Morgan fingerprint density at radius 1 is 1.18 bits per heavy atom. The van der Waals surface area contributed by atoms with E-state index in [2.05, 4.69) is 0 Å². The van der Waals surface area contributed by atoms with Crippen LogP contribution in [0, 0.1) is 6.92 Å². The summed E-state index contributed by atoms with van der Waals surface area (Å²) in [6, 6.07) is 6.99. The third-order valence-corrected chi connectivity index (χ3v) is 5.53. The lowest BCUT2D eigenvalue weighted by Crippen LogP contribution is -2.31. The number of hydrogen-bond donors (Lipinski definition) is 1. The number of nitrogens with zero attached hydrogens (tertiary/aromatic N) is 2. The van der Waals surface area contributed by atoms with Gasteiger partial charge in [0.2, 0.25) is 0 Å². The number of carbonyl (C=O) groups is 1. The first-order valence-electron chi connectivity index (χ1n) is 9.51. The molecule has 0 fully saturated rings. The number of esters is 1. The first-order chi connectivity index (χ1) is 13.5. The van der Waals surface area contributed by atoms with Gasteiger partial charge in [0.1, 0.15) is 12.4 Å². The number of cyclic esters (lactones) is 1. The number of aryl methyl sites for hydroxylation is 1. The molecule has 0 unspecified atom stereocenters. The van der Waals surface area contributed by atoms with Crippen LogP contribution in [0.1, 0.15) is 48.9 Å². The van der Waals surface area contributed by atoms with Gasteiger partial charge in [0.15, 0.2) is 0 Å². The highest BCUT2D eigenvalue weighted by atomic mass is 16.5. The number of hydrogen-bond acceptors (Lipinski definition) is 5. The standard InChI is InChI=1S/C20H16N2O4.C2H6/c1-9-13-5-11(23)3-4-16(13)21-18-14(9)7-22-17(18)6-12-10(2)20(25)26-8-15(12)19(22)24;1-2/h3-6,10,23H,7-8H2,1-2H3;1-2H3/t10-;/m0./s1. The molecular weight excluding hydrogens is 356 g/mol. The van der Waals surface area contributed by atoms with E-state index in [1.165, 1.54) is 0 Å². The third kappa shape index (κ3) is 2.44. The van der Waals surface area contributed by atoms with Crippen molar-refractivity contribution in [1.82, 2.24) is 9.55 Å². The summed E-state index contributed by atoms with van der Waals surface area (Å²) in [6.07, 6.45) is 0. The first-order valence-corrected chi connectivity index (χ1v) is 9.51. The van der Waals surface area contributed by atoms with Crippen molar-refractivity contribution in [2.75, 3.05) is 0 Å². The van der Waals surface area contributed by atoms with E-state index in [1.807, 2.05) is 26.8 Å². The maximum absolute atomic E-state index is 13.0. The van der Waals surface area contributed by atoms with Crippen LogP contribution in [-0.2, 0) is 22.7 Å². The van der Waals surface area contributed by atoms with Crippen molar-refractivity contribution in [2.45, 2.75) is 46.8 Å². The summed E-state index contributed by atoms with van der Waals surface area (Å²) in [7, 11) is 0. The highest BCUT2D eigenvalue weighted by Gasteiger charge is 2.33. The number of ether oxygens (including phenoxy) is 1. The van der Waals surface area contributed by atoms with Crippen molar-refractivity contribution in [1.29, 1.82) is 0 Å². The molecule has 5 rings (SSSR count). The number of phenols is 1. The van der Waals surface area contributed by atoms with Crippen LogP contribution in [0.25, 0.3) is 22.3 Å². The molecule has 0 spiro atoms. The summed E-state index contributed by atoms with van der Waals surface area (Å²) in [6.45, 7) is 8.20. The zero-order chi connectivity index (χ0) is 20.2.